The van der Waals surface area contributed by atoms with Crippen molar-refractivity contribution < 1.29 is 9.47 Å². The van der Waals surface area contributed by atoms with Crippen molar-refractivity contribution in [3.05, 3.63) is 48.0 Å². The van der Waals surface area contributed by atoms with Crippen LogP contribution in [0, 0.1) is 0 Å². The van der Waals surface area contributed by atoms with Crippen molar-refractivity contribution in [3.63, 3.8) is 0 Å². The zero-order chi connectivity index (χ0) is 12.4. The summed E-state index contributed by atoms with van der Waals surface area (Å²) in [6.45, 7) is 0.877. The number of rotatable bonds is 3. The quantitative estimate of drug-likeness (QED) is 0.920. The molecule has 3 nitrogen and oxygen atoms in total. The smallest absolute Gasteiger partial charge is 0.231 e. The molecule has 2 aromatic carbocycles. The third-order valence-electron chi connectivity index (χ3n) is 2.71. The van der Waals surface area contributed by atoms with E-state index in [4.69, 9.17) is 15.2 Å². The maximum Gasteiger partial charge on any atom is 0.231 e. The second-order valence-electron chi connectivity index (χ2n) is 3.97. The van der Waals surface area contributed by atoms with Gasteiger partial charge in [0, 0.05) is 16.3 Å². The predicted octanol–water partition coefficient (Wildman–Crippen LogP) is 3.03. The monoisotopic (exact) mass is 259 g/mol. The summed E-state index contributed by atoms with van der Waals surface area (Å²) in [4.78, 5) is 2.31. The van der Waals surface area contributed by atoms with Gasteiger partial charge in [-0.1, -0.05) is 23.9 Å². The van der Waals surface area contributed by atoms with Crippen molar-refractivity contribution in [2.75, 3.05) is 6.79 Å². The minimum absolute atomic E-state index is 0.312. The summed E-state index contributed by atoms with van der Waals surface area (Å²) >= 11 is 1.69. The van der Waals surface area contributed by atoms with Gasteiger partial charge in [0.1, 0.15) is 0 Å². The molecule has 0 spiro atoms. The molecule has 0 radical (unpaired) electrons. The molecule has 0 bridgehead atoms. The average Bonchev–Trinajstić information content (AvgIpc) is 2.86. The van der Waals surface area contributed by atoms with E-state index in [-0.39, 0.29) is 0 Å². The molecule has 3 rings (SSSR count). The third kappa shape index (κ3) is 2.30. The standard InChI is InChI=1S/C14H13NO2S/c15-8-10-2-1-3-11(6-10)18-12-4-5-13-14(7-12)17-9-16-13/h1-7H,8-9,15H2. The molecule has 1 aliphatic rings. The Morgan fingerprint density at radius 2 is 1.83 bits per heavy atom. The van der Waals surface area contributed by atoms with Gasteiger partial charge in [0.25, 0.3) is 0 Å². The number of ether oxygens (including phenoxy) is 2. The molecule has 0 aliphatic carbocycles. The minimum atomic E-state index is 0.312. The summed E-state index contributed by atoms with van der Waals surface area (Å²) < 4.78 is 10.7. The molecule has 0 saturated carbocycles. The molecule has 0 aromatic heterocycles. The molecular formula is C14H13NO2S. The zero-order valence-corrected chi connectivity index (χ0v) is 10.6. The van der Waals surface area contributed by atoms with Crippen LogP contribution in [-0.2, 0) is 6.54 Å². The van der Waals surface area contributed by atoms with Gasteiger partial charge in [-0.25, -0.2) is 0 Å². The lowest BCUT2D eigenvalue weighted by Crippen LogP contribution is -1.95. The molecule has 2 N–H and O–H groups in total. The van der Waals surface area contributed by atoms with Crippen LogP contribution in [0.2, 0.25) is 0 Å². The van der Waals surface area contributed by atoms with Crippen molar-refractivity contribution in [2.45, 2.75) is 16.3 Å². The van der Waals surface area contributed by atoms with Gasteiger partial charge < -0.3 is 15.2 Å². The molecule has 92 valence electrons. The van der Waals surface area contributed by atoms with Crippen LogP contribution in [0.15, 0.2) is 52.3 Å². The van der Waals surface area contributed by atoms with E-state index in [9.17, 15) is 0 Å². The Bertz CT molecular complexity index is 571. The highest BCUT2D eigenvalue weighted by atomic mass is 32.2. The van der Waals surface area contributed by atoms with Gasteiger partial charge in [-0.2, -0.15) is 0 Å². The lowest BCUT2D eigenvalue weighted by atomic mass is 10.2. The van der Waals surface area contributed by atoms with Gasteiger partial charge in [0.2, 0.25) is 6.79 Å². The van der Waals surface area contributed by atoms with Crippen LogP contribution >= 0.6 is 11.8 Å². The Morgan fingerprint density at radius 3 is 2.72 bits per heavy atom. The molecule has 0 amide bonds. The highest BCUT2D eigenvalue weighted by molar-refractivity contribution is 7.99. The molecule has 2 aromatic rings. The van der Waals surface area contributed by atoms with Gasteiger partial charge >= 0.3 is 0 Å². The second-order valence-corrected chi connectivity index (χ2v) is 5.12. The zero-order valence-electron chi connectivity index (χ0n) is 9.76. The summed E-state index contributed by atoms with van der Waals surface area (Å²) in [6.07, 6.45) is 0. The fourth-order valence-corrected chi connectivity index (χ4v) is 2.74. The molecule has 0 fully saturated rings. The van der Waals surface area contributed by atoms with E-state index < -0.39 is 0 Å². The Morgan fingerprint density at radius 1 is 1.00 bits per heavy atom. The maximum absolute atomic E-state index is 5.64. The topological polar surface area (TPSA) is 44.5 Å². The molecule has 0 unspecified atom stereocenters. The molecule has 1 heterocycles. The summed E-state index contributed by atoms with van der Waals surface area (Å²) in [5, 5.41) is 0. The highest BCUT2D eigenvalue weighted by Crippen LogP contribution is 2.37. The van der Waals surface area contributed by atoms with Crippen LogP contribution in [0.3, 0.4) is 0 Å². The van der Waals surface area contributed by atoms with Crippen molar-refractivity contribution in [1.29, 1.82) is 0 Å². The van der Waals surface area contributed by atoms with Crippen molar-refractivity contribution in [2.24, 2.45) is 5.73 Å². The largest absolute Gasteiger partial charge is 0.454 e. The first kappa shape index (κ1) is 11.4. The Kier molecular flexibility index (Phi) is 3.13. The second kappa shape index (κ2) is 4.92. The van der Waals surface area contributed by atoms with Crippen molar-refractivity contribution >= 4 is 11.8 Å². The number of fused-ring (bicyclic) bond motifs is 1. The van der Waals surface area contributed by atoms with E-state index in [2.05, 4.69) is 12.1 Å². The van der Waals surface area contributed by atoms with E-state index in [1.165, 1.54) is 4.90 Å². The summed E-state index contributed by atoms with van der Waals surface area (Å²) in [5.74, 6) is 1.63. The molecule has 1 aliphatic heterocycles. The normalized spacial score (nSPS) is 12.7. The van der Waals surface area contributed by atoms with Crippen LogP contribution < -0.4 is 15.2 Å². The molecule has 0 atom stereocenters. The lowest BCUT2D eigenvalue weighted by molar-refractivity contribution is 0.174. The summed E-state index contributed by atoms with van der Waals surface area (Å²) in [7, 11) is 0. The molecular weight excluding hydrogens is 246 g/mol. The summed E-state index contributed by atoms with van der Waals surface area (Å²) in [6, 6.07) is 14.2. The predicted molar refractivity (Wildman–Crippen MR) is 71.0 cm³/mol. The van der Waals surface area contributed by atoms with Crippen LogP contribution in [0.25, 0.3) is 0 Å². The first-order valence-electron chi connectivity index (χ1n) is 5.72. The van der Waals surface area contributed by atoms with E-state index in [1.807, 2.05) is 30.3 Å². The maximum atomic E-state index is 5.64. The van der Waals surface area contributed by atoms with Crippen LogP contribution in [0.1, 0.15) is 5.56 Å². The number of hydrogen-bond acceptors (Lipinski definition) is 4. The average molecular weight is 259 g/mol. The lowest BCUT2D eigenvalue weighted by Gasteiger charge is -2.04. The van der Waals surface area contributed by atoms with Crippen molar-refractivity contribution in [1.82, 2.24) is 0 Å². The number of nitrogens with two attached hydrogens (primary N) is 1. The minimum Gasteiger partial charge on any atom is -0.454 e. The number of hydrogen-bond donors (Lipinski definition) is 1. The Hall–Kier alpha value is -1.65. The fourth-order valence-electron chi connectivity index (χ4n) is 1.81. The van der Waals surface area contributed by atoms with Crippen LogP contribution in [0.5, 0.6) is 11.5 Å². The van der Waals surface area contributed by atoms with Crippen LogP contribution in [-0.4, -0.2) is 6.79 Å². The van der Waals surface area contributed by atoms with E-state index in [1.54, 1.807) is 11.8 Å². The van der Waals surface area contributed by atoms with Crippen molar-refractivity contribution in [3.8, 4) is 11.5 Å². The van der Waals surface area contributed by atoms with E-state index in [0.717, 1.165) is 22.0 Å². The summed E-state index contributed by atoms with van der Waals surface area (Å²) in [5.41, 5.74) is 6.78. The van der Waals surface area contributed by atoms with Gasteiger partial charge in [-0.3, -0.25) is 0 Å². The van der Waals surface area contributed by atoms with Gasteiger partial charge in [-0.05, 0) is 35.9 Å². The first-order valence-corrected chi connectivity index (χ1v) is 6.53. The molecule has 18 heavy (non-hydrogen) atoms. The van der Waals surface area contributed by atoms with Gasteiger partial charge in [0.05, 0.1) is 0 Å². The molecule has 0 saturated heterocycles. The fraction of sp³-hybridized carbons (Fsp3) is 0.143. The van der Waals surface area contributed by atoms with E-state index in [0.29, 0.717) is 13.3 Å². The van der Waals surface area contributed by atoms with Gasteiger partial charge in [0.15, 0.2) is 11.5 Å². The van der Waals surface area contributed by atoms with E-state index >= 15 is 0 Å². The van der Waals surface area contributed by atoms with Crippen LogP contribution in [0.4, 0.5) is 0 Å². The van der Waals surface area contributed by atoms with Gasteiger partial charge in [-0.15, -0.1) is 0 Å². The Balaban J connectivity index is 1.83. The SMILES string of the molecule is NCc1cccc(Sc2ccc3c(c2)OCO3)c1. The molecule has 4 heteroatoms. The highest BCUT2D eigenvalue weighted by Gasteiger charge is 2.13. The Labute approximate surface area is 110 Å². The number of benzene rings is 2. The first-order chi connectivity index (χ1) is 8.85. The third-order valence-corrected chi connectivity index (χ3v) is 3.69.